The van der Waals surface area contributed by atoms with Crippen molar-refractivity contribution in [3.8, 4) is 0 Å². The molecule has 0 aliphatic heterocycles. The quantitative estimate of drug-likeness (QED) is 0.620. The summed E-state index contributed by atoms with van der Waals surface area (Å²) < 4.78 is 2.21. The van der Waals surface area contributed by atoms with E-state index in [0.717, 1.165) is 26.9 Å². The molecule has 5 heteroatoms. The number of halogens is 3. The van der Waals surface area contributed by atoms with E-state index in [9.17, 15) is 0 Å². The van der Waals surface area contributed by atoms with E-state index in [1.54, 1.807) is 11.3 Å². The fourth-order valence-electron chi connectivity index (χ4n) is 1.88. The summed E-state index contributed by atoms with van der Waals surface area (Å²) in [5.74, 6) is 0. The number of benzene rings is 1. The molecule has 1 atom stereocenters. The SMILES string of the molecule is CCCNC(c1cc(Cl)ccc1Br)c1sccc1Br. The lowest BCUT2D eigenvalue weighted by molar-refractivity contribution is 0.603. The minimum absolute atomic E-state index is 0.155. The summed E-state index contributed by atoms with van der Waals surface area (Å²) >= 11 is 15.1. The van der Waals surface area contributed by atoms with Crippen molar-refractivity contribution in [1.29, 1.82) is 0 Å². The second kappa shape index (κ2) is 7.23. The molecule has 1 aromatic heterocycles. The van der Waals surface area contributed by atoms with Gasteiger partial charge in [-0.15, -0.1) is 11.3 Å². The zero-order valence-corrected chi connectivity index (χ0v) is 15.2. The molecule has 0 saturated carbocycles. The first-order valence-corrected chi connectivity index (χ1v) is 8.89. The molecule has 0 aliphatic rings. The Morgan fingerprint density at radius 3 is 2.68 bits per heavy atom. The largest absolute Gasteiger partial charge is 0.306 e. The Hall–Kier alpha value is 0.130. The maximum absolute atomic E-state index is 6.14. The van der Waals surface area contributed by atoms with E-state index in [-0.39, 0.29) is 6.04 Å². The molecule has 0 fully saturated rings. The third-order valence-corrected chi connectivity index (χ3v) is 5.67. The maximum Gasteiger partial charge on any atom is 0.0694 e. The van der Waals surface area contributed by atoms with Crippen LogP contribution in [-0.4, -0.2) is 6.54 Å². The Bertz CT molecular complexity index is 556. The van der Waals surface area contributed by atoms with Crippen molar-refractivity contribution in [2.75, 3.05) is 6.54 Å². The molecule has 0 radical (unpaired) electrons. The maximum atomic E-state index is 6.14. The van der Waals surface area contributed by atoms with E-state index in [4.69, 9.17) is 11.6 Å². The standard InChI is InChI=1S/C14H14Br2ClNS/c1-2-6-18-13(14-12(16)5-7-19-14)10-8-9(17)3-4-11(10)15/h3-5,7-8,13,18H,2,6H2,1H3. The fraction of sp³-hybridized carbons (Fsp3) is 0.286. The Kier molecular flexibility index (Phi) is 5.90. The molecule has 1 aromatic carbocycles. The van der Waals surface area contributed by atoms with Gasteiger partial charge in [0.15, 0.2) is 0 Å². The van der Waals surface area contributed by atoms with Crippen LogP contribution in [0.5, 0.6) is 0 Å². The predicted octanol–water partition coefficient (Wildman–Crippen LogP) is 6.02. The van der Waals surface area contributed by atoms with Crippen molar-refractivity contribution in [1.82, 2.24) is 5.32 Å². The van der Waals surface area contributed by atoms with E-state index in [1.807, 2.05) is 18.2 Å². The minimum atomic E-state index is 0.155. The highest BCUT2D eigenvalue weighted by Crippen LogP contribution is 2.37. The summed E-state index contributed by atoms with van der Waals surface area (Å²) in [5, 5.41) is 6.44. The summed E-state index contributed by atoms with van der Waals surface area (Å²) in [5.41, 5.74) is 1.17. The lowest BCUT2D eigenvalue weighted by Gasteiger charge is -2.20. The third kappa shape index (κ3) is 3.82. The van der Waals surface area contributed by atoms with E-state index < -0.39 is 0 Å². The van der Waals surface area contributed by atoms with Gasteiger partial charge in [-0.25, -0.2) is 0 Å². The van der Waals surface area contributed by atoms with Crippen LogP contribution in [0.4, 0.5) is 0 Å². The molecule has 1 N–H and O–H groups in total. The van der Waals surface area contributed by atoms with Crippen molar-refractivity contribution in [3.63, 3.8) is 0 Å². The predicted molar refractivity (Wildman–Crippen MR) is 91.3 cm³/mol. The smallest absolute Gasteiger partial charge is 0.0694 e. The van der Waals surface area contributed by atoms with E-state index >= 15 is 0 Å². The van der Waals surface area contributed by atoms with Crippen molar-refractivity contribution >= 4 is 54.8 Å². The van der Waals surface area contributed by atoms with Crippen LogP contribution < -0.4 is 5.32 Å². The summed E-state index contributed by atoms with van der Waals surface area (Å²) in [6, 6.07) is 8.15. The highest BCUT2D eigenvalue weighted by molar-refractivity contribution is 9.10. The first-order chi connectivity index (χ1) is 9.13. The number of nitrogens with one attached hydrogen (secondary N) is 1. The first-order valence-electron chi connectivity index (χ1n) is 6.04. The van der Waals surface area contributed by atoms with Gasteiger partial charge in [0.05, 0.1) is 6.04 Å². The van der Waals surface area contributed by atoms with Gasteiger partial charge in [0, 0.05) is 18.8 Å². The number of rotatable bonds is 5. The molecule has 0 amide bonds. The highest BCUT2D eigenvalue weighted by Gasteiger charge is 2.20. The molecule has 1 unspecified atom stereocenters. The lowest BCUT2D eigenvalue weighted by atomic mass is 10.1. The monoisotopic (exact) mass is 421 g/mol. The Balaban J connectivity index is 2.42. The minimum Gasteiger partial charge on any atom is -0.306 e. The molecule has 0 saturated heterocycles. The number of hydrogen-bond donors (Lipinski definition) is 1. The van der Waals surface area contributed by atoms with Gasteiger partial charge in [0.25, 0.3) is 0 Å². The lowest BCUT2D eigenvalue weighted by Crippen LogP contribution is -2.23. The van der Waals surface area contributed by atoms with Crippen LogP contribution in [0.15, 0.2) is 38.6 Å². The summed E-state index contributed by atoms with van der Waals surface area (Å²) in [6.07, 6.45) is 1.09. The fourth-order valence-corrected chi connectivity index (χ4v) is 4.23. The van der Waals surface area contributed by atoms with Crippen LogP contribution >= 0.6 is 54.8 Å². The van der Waals surface area contributed by atoms with Gasteiger partial charge in [-0.1, -0.05) is 34.5 Å². The van der Waals surface area contributed by atoms with Crippen molar-refractivity contribution in [2.45, 2.75) is 19.4 Å². The Morgan fingerprint density at radius 2 is 2.05 bits per heavy atom. The Labute approximate surface area is 139 Å². The number of thiophene rings is 1. The third-order valence-electron chi connectivity index (χ3n) is 2.77. The summed E-state index contributed by atoms with van der Waals surface area (Å²) in [7, 11) is 0. The second-order valence-corrected chi connectivity index (χ2v) is 7.28. The first kappa shape index (κ1) is 15.5. The normalized spacial score (nSPS) is 12.6. The van der Waals surface area contributed by atoms with Crippen LogP contribution in [0.3, 0.4) is 0 Å². The molecule has 0 spiro atoms. The van der Waals surface area contributed by atoms with Gasteiger partial charge in [-0.2, -0.15) is 0 Å². The van der Waals surface area contributed by atoms with Crippen LogP contribution in [0.1, 0.15) is 29.8 Å². The molecule has 0 bridgehead atoms. The molecule has 0 aliphatic carbocycles. The van der Waals surface area contributed by atoms with Crippen LogP contribution in [0.2, 0.25) is 5.02 Å². The van der Waals surface area contributed by atoms with Crippen LogP contribution in [-0.2, 0) is 0 Å². The van der Waals surface area contributed by atoms with Crippen LogP contribution in [0, 0.1) is 0 Å². The van der Waals surface area contributed by atoms with Crippen molar-refractivity contribution in [3.05, 3.63) is 54.1 Å². The molecule has 2 rings (SSSR count). The molecule has 102 valence electrons. The van der Waals surface area contributed by atoms with E-state index in [2.05, 4.69) is 55.5 Å². The average molecular weight is 424 g/mol. The number of hydrogen-bond acceptors (Lipinski definition) is 2. The zero-order valence-electron chi connectivity index (χ0n) is 10.4. The van der Waals surface area contributed by atoms with Gasteiger partial charge in [0.2, 0.25) is 0 Å². The zero-order chi connectivity index (χ0) is 13.8. The highest BCUT2D eigenvalue weighted by atomic mass is 79.9. The molecule has 19 heavy (non-hydrogen) atoms. The van der Waals surface area contributed by atoms with Gasteiger partial charge in [-0.05, 0) is 64.1 Å². The molecule has 2 aromatic rings. The second-order valence-electron chi connectivity index (χ2n) is 4.19. The molecular formula is C14H14Br2ClNS. The Morgan fingerprint density at radius 1 is 1.26 bits per heavy atom. The van der Waals surface area contributed by atoms with Gasteiger partial charge in [0.1, 0.15) is 0 Å². The van der Waals surface area contributed by atoms with Crippen molar-refractivity contribution in [2.24, 2.45) is 0 Å². The van der Waals surface area contributed by atoms with Crippen molar-refractivity contribution < 1.29 is 0 Å². The summed E-state index contributed by atoms with van der Waals surface area (Å²) in [6.45, 7) is 3.13. The van der Waals surface area contributed by atoms with Gasteiger partial charge in [-0.3, -0.25) is 0 Å². The molecule has 1 heterocycles. The molecule has 1 nitrogen and oxygen atoms in total. The van der Waals surface area contributed by atoms with E-state index in [0.29, 0.717) is 0 Å². The van der Waals surface area contributed by atoms with Gasteiger partial charge >= 0.3 is 0 Å². The van der Waals surface area contributed by atoms with Crippen LogP contribution in [0.25, 0.3) is 0 Å². The topological polar surface area (TPSA) is 12.0 Å². The van der Waals surface area contributed by atoms with E-state index in [1.165, 1.54) is 10.4 Å². The van der Waals surface area contributed by atoms with Gasteiger partial charge < -0.3 is 5.32 Å². The average Bonchev–Trinajstić information content (AvgIpc) is 2.80. The summed E-state index contributed by atoms with van der Waals surface area (Å²) in [4.78, 5) is 1.27. The molecular weight excluding hydrogens is 409 g/mol.